The van der Waals surface area contributed by atoms with Gasteiger partial charge in [0.2, 0.25) is 5.91 Å². The predicted octanol–water partition coefficient (Wildman–Crippen LogP) is 8.50. The highest BCUT2D eigenvalue weighted by molar-refractivity contribution is 8.00. The first-order valence-corrected chi connectivity index (χ1v) is 15.8. The third-order valence-electron chi connectivity index (χ3n) is 7.11. The molecule has 0 saturated carbocycles. The quantitative estimate of drug-likeness (QED) is 0.0550. The second kappa shape index (κ2) is 15.8. The van der Waals surface area contributed by atoms with Crippen molar-refractivity contribution >= 4 is 52.6 Å². The number of thioether (sulfide) groups is 1. The first-order valence-electron chi connectivity index (χ1n) is 14.9. The number of nitro groups is 1. The maximum absolute atomic E-state index is 13.4. The normalized spacial score (nSPS) is 12.0. The molecule has 5 aromatic carbocycles. The number of alkyl halides is 3. The molecule has 0 aliphatic heterocycles. The van der Waals surface area contributed by atoms with E-state index in [4.69, 9.17) is 0 Å². The van der Waals surface area contributed by atoms with Crippen LogP contribution < -0.4 is 16.0 Å². The number of anilines is 2. The van der Waals surface area contributed by atoms with Crippen molar-refractivity contribution in [2.24, 2.45) is 0 Å². The lowest BCUT2D eigenvalue weighted by Gasteiger charge is -2.18. The van der Waals surface area contributed by atoms with Crippen LogP contribution >= 0.6 is 11.8 Å². The van der Waals surface area contributed by atoms with E-state index in [0.29, 0.717) is 27.3 Å². The first-order chi connectivity index (χ1) is 24.0. The number of halogens is 3. The van der Waals surface area contributed by atoms with Gasteiger partial charge in [-0.3, -0.25) is 24.5 Å². The number of hydrogen-bond donors (Lipinski definition) is 3. The average Bonchev–Trinajstić information content (AvgIpc) is 3.11. The third kappa shape index (κ3) is 9.45. The molecular formula is C37H27F3N4O5S. The van der Waals surface area contributed by atoms with Gasteiger partial charge in [0.1, 0.15) is 10.9 Å². The van der Waals surface area contributed by atoms with E-state index in [1.54, 1.807) is 84.9 Å². The standard InChI is InChI=1S/C37H27F3N4O5S/c38-37(39,40)27-12-7-13-29(23-27)42-36(47)33(25-8-3-1-4-9-25)50-31-20-16-28(17-21-31)41-35(46)32(43-34(45)26-10-5-2-6-11-26)22-24-14-18-30(19-15-24)44(48)49/h1-23,33H,(H,41,46)(H,42,47)(H,43,45)/b32-22-. The zero-order valence-electron chi connectivity index (χ0n) is 25.9. The van der Waals surface area contributed by atoms with Crippen LogP contribution in [0.1, 0.15) is 32.3 Å². The summed E-state index contributed by atoms with van der Waals surface area (Å²) in [4.78, 5) is 50.9. The van der Waals surface area contributed by atoms with Crippen LogP contribution in [0, 0.1) is 10.1 Å². The van der Waals surface area contributed by atoms with Crippen LogP contribution in [0.15, 0.2) is 144 Å². The maximum atomic E-state index is 13.4. The molecule has 0 radical (unpaired) electrons. The molecule has 0 aliphatic carbocycles. The van der Waals surface area contributed by atoms with Crippen molar-refractivity contribution in [3.8, 4) is 0 Å². The Labute approximate surface area is 288 Å². The molecular weight excluding hydrogens is 669 g/mol. The monoisotopic (exact) mass is 696 g/mol. The summed E-state index contributed by atoms with van der Waals surface area (Å²) < 4.78 is 39.7. The Balaban J connectivity index is 1.33. The number of amides is 3. The summed E-state index contributed by atoms with van der Waals surface area (Å²) in [7, 11) is 0. The van der Waals surface area contributed by atoms with E-state index >= 15 is 0 Å². The molecule has 0 aliphatic rings. The van der Waals surface area contributed by atoms with Crippen LogP contribution in [-0.4, -0.2) is 22.6 Å². The molecule has 3 amide bonds. The van der Waals surface area contributed by atoms with Gasteiger partial charge in [0.05, 0.1) is 10.5 Å². The number of non-ortho nitro benzene ring substituents is 1. The van der Waals surface area contributed by atoms with Crippen LogP contribution in [0.25, 0.3) is 6.08 Å². The van der Waals surface area contributed by atoms with Crippen LogP contribution in [0.3, 0.4) is 0 Å². The molecule has 0 fully saturated rings. The van der Waals surface area contributed by atoms with Gasteiger partial charge in [-0.2, -0.15) is 13.2 Å². The van der Waals surface area contributed by atoms with Gasteiger partial charge in [0.25, 0.3) is 17.5 Å². The fraction of sp³-hybridized carbons (Fsp3) is 0.0541. The van der Waals surface area contributed by atoms with Crippen molar-refractivity contribution in [2.45, 2.75) is 16.3 Å². The number of nitrogens with one attached hydrogen (secondary N) is 3. The van der Waals surface area contributed by atoms with Gasteiger partial charge >= 0.3 is 6.18 Å². The van der Waals surface area contributed by atoms with E-state index in [9.17, 15) is 37.7 Å². The highest BCUT2D eigenvalue weighted by atomic mass is 32.2. The van der Waals surface area contributed by atoms with E-state index in [2.05, 4.69) is 16.0 Å². The lowest BCUT2D eigenvalue weighted by Crippen LogP contribution is -2.30. The van der Waals surface area contributed by atoms with Crippen molar-refractivity contribution < 1.29 is 32.5 Å². The molecule has 1 unspecified atom stereocenters. The highest BCUT2D eigenvalue weighted by Gasteiger charge is 2.31. The Morgan fingerprint density at radius 2 is 1.38 bits per heavy atom. The van der Waals surface area contributed by atoms with Gasteiger partial charge in [-0.05, 0) is 83.9 Å². The number of nitrogens with zero attached hydrogens (tertiary/aromatic N) is 1. The number of benzene rings is 5. The summed E-state index contributed by atoms with van der Waals surface area (Å²) in [6.45, 7) is 0. The Morgan fingerprint density at radius 3 is 2.00 bits per heavy atom. The average molecular weight is 697 g/mol. The smallest absolute Gasteiger partial charge is 0.325 e. The Kier molecular flexibility index (Phi) is 11.1. The van der Waals surface area contributed by atoms with Gasteiger partial charge in [0.15, 0.2) is 0 Å². The minimum atomic E-state index is -4.57. The highest BCUT2D eigenvalue weighted by Crippen LogP contribution is 2.37. The number of carbonyl (C=O) groups excluding carboxylic acids is 3. The topological polar surface area (TPSA) is 130 Å². The minimum absolute atomic E-state index is 0.00126. The van der Waals surface area contributed by atoms with E-state index in [-0.39, 0.29) is 17.1 Å². The van der Waals surface area contributed by atoms with Gasteiger partial charge in [-0.25, -0.2) is 0 Å². The third-order valence-corrected chi connectivity index (χ3v) is 8.37. The van der Waals surface area contributed by atoms with E-state index < -0.39 is 39.6 Å². The summed E-state index contributed by atoms with van der Waals surface area (Å²) in [5, 5.41) is 18.1. The molecule has 0 saturated heterocycles. The van der Waals surface area contributed by atoms with Gasteiger partial charge < -0.3 is 16.0 Å². The Hall–Kier alpha value is -6.21. The van der Waals surface area contributed by atoms with Crippen molar-refractivity contribution in [1.82, 2.24) is 5.32 Å². The Morgan fingerprint density at radius 1 is 0.740 bits per heavy atom. The molecule has 3 N–H and O–H groups in total. The van der Waals surface area contributed by atoms with Crippen molar-refractivity contribution in [2.75, 3.05) is 10.6 Å². The number of nitro benzene ring substituents is 1. The van der Waals surface area contributed by atoms with Crippen molar-refractivity contribution in [3.05, 3.63) is 172 Å². The van der Waals surface area contributed by atoms with Crippen LogP contribution in [0.5, 0.6) is 0 Å². The van der Waals surface area contributed by atoms with Crippen molar-refractivity contribution in [1.29, 1.82) is 0 Å². The Bertz CT molecular complexity index is 2020. The fourth-order valence-corrected chi connectivity index (χ4v) is 5.66. The molecule has 50 heavy (non-hydrogen) atoms. The lowest BCUT2D eigenvalue weighted by molar-refractivity contribution is -0.384. The first kappa shape index (κ1) is 35.1. The molecule has 252 valence electrons. The van der Waals surface area contributed by atoms with Gasteiger partial charge in [-0.15, -0.1) is 11.8 Å². The van der Waals surface area contributed by atoms with Gasteiger partial charge in [-0.1, -0.05) is 54.6 Å². The molecule has 13 heteroatoms. The van der Waals surface area contributed by atoms with E-state index in [1.165, 1.54) is 42.5 Å². The SMILES string of the molecule is O=C(Nc1ccc(SC(C(=O)Nc2cccc(C(F)(F)F)c2)c2ccccc2)cc1)/C(=C/c1ccc([N+](=O)[O-])cc1)NC(=O)c1ccccc1. The lowest BCUT2D eigenvalue weighted by atomic mass is 10.1. The fourth-order valence-electron chi connectivity index (χ4n) is 4.63. The molecule has 0 bridgehead atoms. The molecule has 0 heterocycles. The second-order valence-corrected chi connectivity index (χ2v) is 11.9. The zero-order valence-corrected chi connectivity index (χ0v) is 26.7. The largest absolute Gasteiger partial charge is 0.416 e. The maximum Gasteiger partial charge on any atom is 0.416 e. The second-order valence-electron chi connectivity index (χ2n) is 10.7. The van der Waals surface area contributed by atoms with E-state index in [0.717, 1.165) is 23.9 Å². The van der Waals surface area contributed by atoms with Crippen molar-refractivity contribution in [3.63, 3.8) is 0 Å². The molecule has 5 aromatic rings. The van der Waals surface area contributed by atoms with E-state index in [1.807, 2.05) is 0 Å². The van der Waals surface area contributed by atoms with Crippen LogP contribution in [-0.2, 0) is 15.8 Å². The van der Waals surface area contributed by atoms with Gasteiger partial charge in [0, 0.05) is 34.0 Å². The summed E-state index contributed by atoms with van der Waals surface area (Å²) in [5.74, 6) is -1.75. The molecule has 9 nitrogen and oxygen atoms in total. The zero-order chi connectivity index (χ0) is 35.7. The molecule has 0 aromatic heterocycles. The molecule has 5 rings (SSSR count). The molecule has 1 atom stereocenters. The number of rotatable bonds is 11. The van der Waals surface area contributed by atoms with Crippen LogP contribution in [0.2, 0.25) is 0 Å². The minimum Gasteiger partial charge on any atom is -0.325 e. The summed E-state index contributed by atoms with van der Waals surface area (Å²) >= 11 is 1.16. The molecule has 0 spiro atoms. The number of hydrogen-bond acceptors (Lipinski definition) is 6. The predicted molar refractivity (Wildman–Crippen MR) is 185 cm³/mol. The number of carbonyl (C=O) groups is 3. The summed E-state index contributed by atoms with van der Waals surface area (Å²) in [6.07, 6.45) is -3.18. The summed E-state index contributed by atoms with van der Waals surface area (Å²) in [6, 6.07) is 33.3. The summed E-state index contributed by atoms with van der Waals surface area (Å²) in [5.41, 5.74) is 0.562. The van der Waals surface area contributed by atoms with Crippen LogP contribution in [0.4, 0.5) is 30.2 Å².